The van der Waals surface area contributed by atoms with Gasteiger partial charge < -0.3 is 24.1 Å². The molecule has 0 atom stereocenters. The number of nitrogens with zero attached hydrogens (tertiary/aromatic N) is 1. The Bertz CT molecular complexity index is 1080. The van der Waals surface area contributed by atoms with Crippen LogP contribution >= 0.6 is 0 Å². The molecule has 2 aromatic carbocycles. The average Bonchev–Trinajstić information content (AvgIpc) is 3.30. The third-order valence-corrected chi connectivity index (χ3v) is 4.85. The van der Waals surface area contributed by atoms with E-state index in [2.05, 4.69) is 5.32 Å². The third kappa shape index (κ3) is 4.15. The molecule has 4 rings (SSSR count). The highest BCUT2D eigenvalue weighted by molar-refractivity contribution is 6.03. The summed E-state index contributed by atoms with van der Waals surface area (Å²) in [6.45, 7) is 3.33. The number of furan rings is 1. The Labute approximate surface area is 174 Å². The van der Waals surface area contributed by atoms with E-state index in [0.717, 1.165) is 16.9 Å². The van der Waals surface area contributed by atoms with Gasteiger partial charge in [-0.2, -0.15) is 0 Å². The highest BCUT2D eigenvalue weighted by Crippen LogP contribution is 2.31. The maximum absolute atomic E-state index is 13.0. The molecule has 0 spiro atoms. The average molecular weight is 406 g/mol. The SMILES string of the molecule is Cc1ccc(C(=O)N(C)Cc2ccc3c(c2)OCCO3)cc1NC(=O)c1ccco1. The van der Waals surface area contributed by atoms with Gasteiger partial charge in [-0.15, -0.1) is 0 Å². The Morgan fingerprint density at radius 2 is 1.83 bits per heavy atom. The molecular formula is C23H22N2O5. The molecule has 2 heterocycles. The van der Waals surface area contributed by atoms with Crippen molar-refractivity contribution in [2.45, 2.75) is 13.5 Å². The number of benzene rings is 2. The molecule has 3 aromatic rings. The zero-order chi connectivity index (χ0) is 21.1. The highest BCUT2D eigenvalue weighted by Gasteiger charge is 2.17. The summed E-state index contributed by atoms with van der Waals surface area (Å²) < 4.78 is 16.3. The zero-order valence-electron chi connectivity index (χ0n) is 16.8. The van der Waals surface area contributed by atoms with Crippen molar-refractivity contribution in [1.29, 1.82) is 0 Å². The molecule has 2 amide bonds. The predicted octanol–water partition coefficient (Wildman–Crippen LogP) is 3.88. The number of carbonyl (C=O) groups excluding carboxylic acids is 2. The molecule has 0 aliphatic carbocycles. The topological polar surface area (TPSA) is 81.0 Å². The minimum Gasteiger partial charge on any atom is -0.486 e. The molecule has 0 saturated heterocycles. The van der Waals surface area contributed by atoms with Crippen LogP contribution in [0.1, 0.15) is 32.0 Å². The van der Waals surface area contributed by atoms with Crippen LogP contribution in [0.4, 0.5) is 5.69 Å². The first-order valence-electron chi connectivity index (χ1n) is 9.61. The Kier molecular flexibility index (Phi) is 5.43. The fourth-order valence-electron chi connectivity index (χ4n) is 3.23. The van der Waals surface area contributed by atoms with Gasteiger partial charge >= 0.3 is 0 Å². The lowest BCUT2D eigenvalue weighted by atomic mass is 10.1. The third-order valence-electron chi connectivity index (χ3n) is 4.85. The monoisotopic (exact) mass is 406 g/mol. The largest absolute Gasteiger partial charge is 0.486 e. The van der Waals surface area contributed by atoms with E-state index in [1.54, 1.807) is 36.2 Å². The Morgan fingerprint density at radius 3 is 2.60 bits per heavy atom. The van der Waals surface area contributed by atoms with Gasteiger partial charge in [0.1, 0.15) is 13.2 Å². The Morgan fingerprint density at radius 1 is 1.03 bits per heavy atom. The summed E-state index contributed by atoms with van der Waals surface area (Å²) >= 11 is 0. The molecule has 1 N–H and O–H groups in total. The van der Waals surface area contributed by atoms with E-state index in [9.17, 15) is 9.59 Å². The summed E-state index contributed by atoms with van der Waals surface area (Å²) in [5.41, 5.74) is 2.83. The van der Waals surface area contributed by atoms with Gasteiger partial charge in [0.25, 0.3) is 11.8 Å². The fraction of sp³-hybridized carbons (Fsp3) is 0.217. The molecule has 0 bridgehead atoms. The molecule has 0 unspecified atom stereocenters. The minimum absolute atomic E-state index is 0.154. The van der Waals surface area contributed by atoms with Crippen LogP contribution < -0.4 is 14.8 Å². The minimum atomic E-state index is -0.364. The smallest absolute Gasteiger partial charge is 0.291 e. The summed E-state index contributed by atoms with van der Waals surface area (Å²) in [7, 11) is 1.74. The van der Waals surface area contributed by atoms with E-state index in [1.165, 1.54) is 6.26 Å². The van der Waals surface area contributed by atoms with Crippen molar-refractivity contribution in [3.63, 3.8) is 0 Å². The zero-order valence-corrected chi connectivity index (χ0v) is 16.8. The van der Waals surface area contributed by atoms with Crippen molar-refractivity contribution in [3.05, 3.63) is 77.2 Å². The maximum atomic E-state index is 13.0. The van der Waals surface area contributed by atoms with E-state index in [1.807, 2.05) is 31.2 Å². The Hall–Kier alpha value is -3.74. The molecule has 1 aromatic heterocycles. The second-order valence-corrected chi connectivity index (χ2v) is 7.10. The van der Waals surface area contributed by atoms with Gasteiger partial charge in [-0.25, -0.2) is 0 Å². The number of hydrogen-bond acceptors (Lipinski definition) is 5. The lowest BCUT2D eigenvalue weighted by Gasteiger charge is -2.21. The van der Waals surface area contributed by atoms with Crippen LogP contribution in [0.15, 0.2) is 59.2 Å². The van der Waals surface area contributed by atoms with Crippen LogP contribution in [-0.2, 0) is 6.54 Å². The van der Waals surface area contributed by atoms with E-state index >= 15 is 0 Å². The number of amides is 2. The number of carbonyl (C=O) groups is 2. The number of hydrogen-bond donors (Lipinski definition) is 1. The van der Waals surface area contributed by atoms with Gasteiger partial charge in [-0.3, -0.25) is 9.59 Å². The summed E-state index contributed by atoms with van der Waals surface area (Å²) in [6.07, 6.45) is 1.44. The highest BCUT2D eigenvalue weighted by atomic mass is 16.6. The first-order valence-corrected chi connectivity index (χ1v) is 9.61. The van der Waals surface area contributed by atoms with Crippen molar-refractivity contribution in [1.82, 2.24) is 4.90 Å². The number of rotatable bonds is 5. The molecule has 30 heavy (non-hydrogen) atoms. The molecule has 154 valence electrons. The van der Waals surface area contributed by atoms with Gasteiger partial charge in [-0.05, 0) is 54.4 Å². The van der Waals surface area contributed by atoms with Crippen molar-refractivity contribution in [2.75, 3.05) is 25.6 Å². The van der Waals surface area contributed by atoms with Crippen LogP contribution in [0.2, 0.25) is 0 Å². The van der Waals surface area contributed by atoms with Gasteiger partial charge in [0.05, 0.1) is 6.26 Å². The second kappa shape index (κ2) is 8.32. The molecule has 1 aliphatic heterocycles. The van der Waals surface area contributed by atoms with E-state index in [4.69, 9.17) is 13.9 Å². The maximum Gasteiger partial charge on any atom is 0.291 e. The number of aryl methyl sites for hydroxylation is 1. The Balaban J connectivity index is 1.48. The van der Waals surface area contributed by atoms with Gasteiger partial charge in [0, 0.05) is 24.8 Å². The number of fused-ring (bicyclic) bond motifs is 1. The number of anilines is 1. The molecule has 0 saturated carbocycles. The van der Waals surface area contributed by atoms with E-state index < -0.39 is 0 Å². The van der Waals surface area contributed by atoms with Crippen LogP contribution in [-0.4, -0.2) is 37.0 Å². The standard InChI is InChI=1S/C23H22N2O5/c1-15-5-7-17(13-18(15)24-22(26)20-4-3-9-28-20)23(27)25(2)14-16-6-8-19-21(12-16)30-11-10-29-19/h3-9,12-13H,10-11,14H2,1-2H3,(H,24,26). The van der Waals surface area contributed by atoms with Crippen molar-refractivity contribution in [3.8, 4) is 11.5 Å². The molecule has 7 nitrogen and oxygen atoms in total. The quantitative estimate of drug-likeness (QED) is 0.695. The van der Waals surface area contributed by atoms with Gasteiger partial charge in [0.2, 0.25) is 0 Å². The first-order chi connectivity index (χ1) is 14.5. The number of nitrogens with one attached hydrogen (secondary N) is 1. The normalized spacial score (nSPS) is 12.3. The fourth-order valence-corrected chi connectivity index (χ4v) is 3.23. The summed E-state index contributed by atoms with van der Waals surface area (Å²) in [4.78, 5) is 26.9. The molecular weight excluding hydrogens is 384 g/mol. The summed E-state index contributed by atoms with van der Waals surface area (Å²) in [5, 5.41) is 2.80. The molecule has 7 heteroatoms. The molecule has 0 radical (unpaired) electrons. The summed E-state index contributed by atoms with van der Waals surface area (Å²) in [5.74, 6) is 1.10. The summed E-state index contributed by atoms with van der Waals surface area (Å²) in [6, 6.07) is 14.1. The van der Waals surface area contributed by atoms with Crippen LogP contribution in [0.5, 0.6) is 11.5 Å². The lowest BCUT2D eigenvalue weighted by Crippen LogP contribution is -2.26. The van der Waals surface area contributed by atoms with Crippen LogP contribution in [0, 0.1) is 6.92 Å². The van der Waals surface area contributed by atoms with Gasteiger partial charge in [-0.1, -0.05) is 12.1 Å². The molecule has 0 fully saturated rings. The van der Waals surface area contributed by atoms with Crippen LogP contribution in [0.3, 0.4) is 0 Å². The second-order valence-electron chi connectivity index (χ2n) is 7.10. The predicted molar refractivity (Wildman–Crippen MR) is 111 cm³/mol. The van der Waals surface area contributed by atoms with Crippen LogP contribution in [0.25, 0.3) is 0 Å². The van der Waals surface area contributed by atoms with Gasteiger partial charge in [0.15, 0.2) is 17.3 Å². The van der Waals surface area contributed by atoms with Crippen molar-refractivity contribution >= 4 is 17.5 Å². The molecule has 1 aliphatic rings. The van der Waals surface area contributed by atoms with Crippen molar-refractivity contribution < 1.29 is 23.5 Å². The lowest BCUT2D eigenvalue weighted by molar-refractivity contribution is 0.0784. The first kappa shape index (κ1) is 19.6. The van der Waals surface area contributed by atoms with Crippen molar-refractivity contribution in [2.24, 2.45) is 0 Å². The number of ether oxygens (including phenoxy) is 2. The van der Waals surface area contributed by atoms with E-state index in [0.29, 0.717) is 36.8 Å². The van der Waals surface area contributed by atoms with E-state index in [-0.39, 0.29) is 17.6 Å².